The first-order valence-electron chi connectivity index (χ1n) is 5.12. The summed E-state index contributed by atoms with van der Waals surface area (Å²) in [4.78, 5) is 0. The minimum absolute atomic E-state index is 0.00152. The number of fused-ring (bicyclic) bond motifs is 1. The molecule has 0 spiro atoms. The molecule has 2 N–H and O–H groups in total. The van der Waals surface area contributed by atoms with Gasteiger partial charge in [-0.05, 0) is 6.07 Å². The number of benzene rings is 1. The molecule has 0 aliphatic heterocycles. The van der Waals surface area contributed by atoms with Crippen molar-refractivity contribution in [3.63, 3.8) is 0 Å². The Balaban J connectivity index is 2.72. The van der Waals surface area contributed by atoms with Gasteiger partial charge in [0.05, 0.1) is 5.69 Å². The van der Waals surface area contributed by atoms with Crippen LogP contribution in [0.5, 0.6) is 0 Å². The average Bonchev–Trinajstić information content (AvgIpc) is 2.59. The summed E-state index contributed by atoms with van der Waals surface area (Å²) in [7, 11) is 0. The number of para-hydroxylation sites is 1. The highest BCUT2D eigenvalue weighted by molar-refractivity contribution is 5.83. The Kier molecular flexibility index (Phi) is 2.27. The Bertz CT molecular complexity index is 480. The maximum absolute atomic E-state index is 5.65. The molecular weight excluding hydrogens is 188 g/mol. The SMILES string of the molecule is CC(C)(C)c1noc2c(CN)cccc12. The van der Waals surface area contributed by atoms with E-state index in [1.165, 1.54) is 0 Å². The number of hydrogen-bond donors (Lipinski definition) is 1. The third-order valence-corrected chi connectivity index (χ3v) is 2.51. The van der Waals surface area contributed by atoms with Gasteiger partial charge in [-0.2, -0.15) is 0 Å². The van der Waals surface area contributed by atoms with Gasteiger partial charge in [-0.3, -0.25) is 0 Å². The summed E-state index contributed by atoms with van der Waals surface area (Å²) in [6.07, 6.45) is 0. The Morgan fingerprint density at radius 3 is 2.67 bits per heavy atom. The first-order chi connectivity index (χ1) is 7.04. The van der Waals surface area contributed by atoms with Gasteiger partial charge in [-0.1, -0.05) is 38.1 Å². The minimum atomic E-state index is -0.00152. The molecule has 0 aliphatic rings. The standard InChI is InChI=1S/C12H16N2O/c1-12(2,3)11-9-6-4-5-8(7-13)10(9)15-14-11/h4-6H,7,13H2,1-3H3. The van der Waals surface area contributed by atoms with Gasteiger partial charge in [-0.15, -0.1) is 0 Å². The largest absolute Gasteiger partial charge is 0.356 e. The monoisotopic (exact) mass is 204 g/mol. The summed E-state index contributed by atoms with van der Waals surface area (Å²) < 4.78 is 5.37. The van der Waals surface area contributed by atoms with Crippen molar-refractivity contribution < 1.29 is 4.52 Å². The van der Waals surface area contributed by atoms with Crippen LogP contribution < -0.4 is 5.73 Å². The highest BCUT2D eigenvalue weighted by atomic mass is 16.5. The van der Waals surface area contributed by atoms with E-state index in [0.717, 1.165) is 22.2 Å². The fraction of sp³-hybridized carbons (Fsp3) is 0.417. The van der Waals surface area contributed by atoms with Crippen LogP contribution in [0.2, 0.25) is 0 Å². The molecule has 3 nitrogen and oxygen atoms in total. The van der Waals surface area contributed by atoms with Crippen LogP contribution >= 0.6 is 0 Å². The molecule has 2 rings (SSSR count). The summed E-state index contributed by atoms with van der Waals surface area (Å²) in [6.45, 7) is 6.86. The second-order valence-corrected chi connectivity index (χ2v) is 4.78. The lowest BCUT2D eigenvalue weighted by Crippen LogP contribution is -2.11. The zero-order valence-electron chi connectivity index (χ0n) is 9.37. The smallest absolute Gasteiger partial charge is 0.171 e. The van der Waals surface area contributed by atoms with E-state index in [1.54, 1.807) is 0 Å². The molecule has 0 saturated carbocycles. The summed E-state index contributed by atoms with van der Waals surface area (Å²) in [5.41, 5.74) is 8.47. The van der Waals surface area contributed by atoms with Crippen LogP contribution in [0.15, 0.2) is 22.7 Å². The molecule has 1 heterocycles. The summed E-state index contributed by atoms with van der Waals surface area (Å²) in [5.74, 6) is 0. The van der Waals surface area contributed by atoms with E-state index < -0.39 is 0 Å². The van der Waals surface area contributed by atoms with E-state index in [1.807, 2.05) is 18.2 Å². The Morgan fingerprint density at radius 2 is 2.07 bits per heavy atom. The van der Waals surface area contributed by atoms with Crippen LogP contribution in [0.25, 0.3) is 11.0 Å². The van der Waals surface area contributed by atoms with E-state index in [4.69, 9.17) is 10.3 Å². The zero-order chi connectivity index (χ0) is 11.1. The molecule has 0 saturated heterocycles. The first-order valence-corrected chi connectivity index (χ1v) is 5.12. The molecule has 0 unspecified atom stereocenters. The molecule has 0 radical (unpaired) electrons. The molecule has 0 bridgehead atoms. The van der Waals surface area contributed by atoms with Crippen molar-refractivity contribution in [2.45, 2.75) is 32.7 Å². The zero-order valence-corrected chi connectivity index (χ0v) is 9.37. The van der Waals surface area contributed by atoms with E-state index in [2.05, 4.69) is 25.9 Å². The summed E-state index contributed by atoms with van der Waals surface area (Å²) >= 11 is 0. The van der Waals surface area contributed by atoms with Crippen molar-refractivity contribution in [1.82, 2.24) is 5.16 Å². The van der Waals surface area contributed by atoms with E-state index in [0.29, 0.717) is 6.54 Å². The molecule has 80 valence electrons. The lowest BCUT2D eigenvalue weighted by molar-refractivity contribution is 0.418. The maximum Gasteiger partial charge on any atom is 0.171 e. The van der Waals surface area contributed by atoms with E-state index in [-0.39, 0.29) is 5.41 Å². The van der Waals surface area contributed by atoms with Gasteiger partial charge in [0.1, 0.15) is 0 Å². The molecule has 2 aromatic rings. The van der Waals surface area contributed by atoms with Gasteiger partial charge in [0, 0.05) is 22.9 Å². The van der Waals surface area contributed by atoms with Gasteiger partial charge < -0.3 is 10.3 Å². The lowest BCUT2D eigenvalue weighted by Gasteiger charge is -2.14. The lowest BCUT2D eigenvalue weighted by atomic mass is 9.89. The van der Waals surface area contributed by atoms with E-state index >= 15 is 0 Å². The van der Waals surface area contributed by atoms with E-state index in [9.17, 15) is 0 Å². The van der Waals surface area contributed by atoms with Crippen molar-refractivity contribution in [2.24, 2.45) is 5.73 Å². The maximum atomic E-state index is 5.65. The number of hydrogen-bond acceptors (Lipinski definition) is 3. The van der Waals surface area contributed by atoms with Gasteiger partial charge >= 0.3 is 0 Å². The van der Waals surface area contributed by atoms with Crippen LogP contribution in [-0.2, 0) is 12.0 Å². The number of aromatic nitrogens is 1. The summed E-state index contributed by atoms with van der Waals surface area (Å²) in [6, 6.07) is 6.00. The molecule has 15 heavy (non-hydrogen) atoms. The molecule has 1 aromatic carbocycles. The molecule has 0 amide bonds. The molecule has 0 atom stereocenters. The molecule has 0 aliphatic carbocycles. The summed E-state index contributed by atoms with van der Waals surface area (Å²) in [5, 5.41) is 5.22. The highest BCUT2D eigenvalue weighted by Gasteiger charge is 2.22. The number of rotatable bonds is 1. The fourth-order valence-electron chi connectivity index (χ4n) is 1.72. The third kappa shape index (κ3) is 1.63. The number of nitrogens with zero attached hydrogens (tertiary/aromatic N) is 1. The van der Waals surface area contributed by atoms with Crippen LogP contribution in [-0.4, -0.2) is 5.16 Å². The van der Waals surface area contributed by atoms with Gasteiger partial charge in [0.25, 0.3) is 0 Å². The van der Waals surface area contributed by atoms with Crippen LogP contribution in [0.1, 0.15) is 32.0 Å². The van der Waals surface area contributed by atoms with Crippen molar-refractivity contribution in [1.29, 1.82) is 0 Å². The average molecular weight is 204 g/mol. The molecule has 0 fully saturated rings. The van der Waals surface area contributed by atoms with Crippen LogP contribution in [0.3, 0.4) is 0 Å². The second kappa shape index (κ2) is 3.35. The Labute approximate surface area is 89.2 Å². The Hall–Kier alpha value is -1.35. The minimum Gasteiger partial charge on any atom is -0.356 e. The van der Waals surface area contributed by atoms with Gasteiger partial charge in [-0.25, -0.2) is 0 Å². The molecule has 1 aromatic heterocycles. The number of nitrogens with two attached hydrogens (primary N) is 1. The fourth-order valence-corrected chi connectivity index (χ4v) is 1.72. The Morgan fingerprint density at radius 1 is 1.33 bits per heavy atom. The van der Waals surface area contributed by atoms with Gasteiger partial charge in [0.15, 0.2) is 5.58 Å². The molecule has 3 heteroatoms. The third-order valence-electron chi connectivity index (χ3n) is 2.51. The predicted octanol–water partition coefficient (Wildman–Crippen LogP) is 2.58. The van der Waals surface area contributed by atoms with Crippen LogP contribution in [0.4, 0.5) is 0 Å². The topological polar surface area (TPSA) is 52.0 Å². The van der Waals surface area contributed by atoms with Crippen molar-refractivity contribution in [3.05, 3.63) is 29.5 Å². The second-order valence-electron chi connectivity index (χ2n) is 4.78. The van der Waals surface area contributed by atoms with Crippen molar-refractivity contribution in [2.75, 3.05) is 0 Å². The van der Waals surface area contributed by atoms with Gasteiger partial charge in [0.2, 0.25) is 0 Å². The van der Waals surface area contributed by atoms with Crippen LogP contribution in [0, 0.1) is 0 Å². The first kappa shape index (κ1) is 10.2. The normalized spacial score (nSPS) is 12.3. The quantitative estimate of drug-likeness (QED) is 0.776. The predicted molar refractivity (Wildman–Crippen MR) is 60.6 cm³/mol. The van der Waals surface area contributed by atoms with Crippen molar-refractivity contribution in [3.8, 4) is 0 Å². The highest BCUT2D eigenvalue weighted by Crippen LogP contribution is 2.30. The molecular formula is C12H16N2O. The van der Waals surface area contributed by atoms with Crippen molar-refractivity contribution >= 4 is 11.0 Å².